The van der Waals surface area contributed by atoms with Gasteiger partial charge >= 0.3 is 0 Å². The van der Waals surface area contributed by atoms with Crippen LogP contribution in [0.2, 0.25) is 0 Å². The van der Waals surface area contributed by atoms with Crippen LogP contribution in [0.4, 0.5) is 0 Å². The van der Waals surface area contributed by atoms with Gasteiger partial charge in [-0.3, -0.25) is 9.59 Å². The second kappa shape index (κ2) is 9.75. The van der Waals surface area contributed by atoms with E-state index in [4.69, 9.17) is 0 Å². The number of nitrogens with one attached hydrogen (secondary N) is 2. The fraction of sp³-hybridized carbons (Fsp3) is 0.636. The predicted molar refractivity (Wildman–Crippen MR) is 114 cm³/mol. The summed E-state index contributed by atoms with van der Waals surface area (Å²) in [7, 11) is 0. The number of fused-ring (bicyclic) bond motifs is 1. The topological polar surface area (TPSA) is 61.4 Å². The number of amides is 2. The summed E-state index contributed by atoms with van der Waals surface area (Å²) in [5.74, 6) is 0.00800. The van der Waals surface area contributed by atoms with E-state index in [0.717, 1.165) is 37.9 Å². The quantitative estimate of drug-likeness (QED) is 0.788. The molecule has 2 aliphatic heterocycles. The molecule has 1 saturated heterocycles. The van der Waals surface area contributed by atoms with Crippen LogP contribution < -0.4 is 10.6 Å². The molecule has 6 heteroatoms. The highest BCUT2D eigenvalue weighted by atomic mass is 35.5. The molecule has 0 bridgehead atoms. The number of benzene rings is 1. The molecule has 2 aliphatic rings. The van der Waals surface area contributed by atoms with Gasteiger partial charge in [0.1, 0.15) is 6.04 Å². The third-order valence-corrected chi connectivity index (χ3v) is 6.37. The lowest BCUT2D eigenvalue weighted by Gasteiger charge is -2.39. The smallest absolute Gasteiger partial charge is 0.243 e. The lowest BCUT2D eigenvalue weighted by atomic mass is 9.81. The van der Waals surface area contributed by atoms with E-state index in [1.165, 1.54) is 5.56 Å². The van der Waals surface area contributed by atoms with Crippen molar-refractivity contribution in [2.75, 3.05) is 19.6 Å². The van der Waals surface area contributed by atoms with Gasteiger partial charge in [-0.2, -0.15) is 0 Å². The monoisotopic (exact) mass is 407 g/mol. The van der Waals surface area contributed by atoms with E-state index >= 15 is 0 Å². The van der Waals surface area contributed by atoms with E-state index in [2.05, 4.69) is 29.7 Å². The molecule has 5 nitrogen and oxygen atoms in total. The van der Waals surface area contributed by atoms with Crippen molar-refractivity contribution in [2.24, 2.45) is 11.3 Å². The number of hydrogen-bond acceptors (Lipinski definition) is 3. The minimum atomic E-state index is -0.410. The normalized spacial score (nSPS) is 21.8. The molecular formula is C22H34ClN3O2. The molecule has 0 spiro atoms. The van der Waals surface area contributed by atoms with Crippen molar-refractivity contribution < 1.29 is 9.59 Å². The second-order valence-electron chi connectivity index (χ2n) is 8.54. The van der Waals surface area contributed by atoms with E-state index in [1.807, 2.05) is 26.0 Å². The standard InChI is InChI=1S/C22H33N3O2.ClH/c1-4-16(2)21(27)25-14-18-8-6-5-7-17(18)13-19(25)20(26)24-15-22(3)9-11-23-12-10-22;/h5-8,16,19,23H,4,9-15H2,1-3H3,(H,24,26);1H. The Hall–Kier alpha value is -1.59. The van der Waals surface area contributed by atoms with Crippen molar-refractivity contribution in [3.05, 3.63) is 35.4 Å². The van der Waals surface area contributed by atoms with Gasteiger partial charge in [-0.15, -0.1) is 12.4 Å². The van der Waals surface area contributed by atoms with E-state index in [0.29, 0.717) is 19.5 Å². The van der Waals surface area contributed by atoms with Crippen molar-refractivity contribution in [2.45, 2.75) is 59.0 Å². The van der Waals surface area contributed by atoms with Gasteiger partial charge in [0.25, 0.3) is 0 Å². The van der Waals surface area contributed by atoms with Crippen LogP contribution in [0.5, 0.6) is 0 Å². The first-order valence-electron chi connectivity index (χ1n) is 10.3. The number of piperidine rings is 1. The molecule has 2 N–H and O–H groups in total. The zero-order valence-electron chi connectivity index (χ0n) is 17.3. The van der Waals surface area contributed by atoms with Gasteiger partial charge in [-0.05, 0) is 48.9 Å². The maximum Gasteiger partial charge on any atom is 0.243 e. The van der Waals surface area contributed by atoms with Gasteiger partial charge in [0, 0.05) is 25.4 Å². The summed E-state index contributed by atoms with van der Waals surface area (Å²) in [5.41, 5.74) is 2.47. The molecule has 0 radical (unpaired) electrons. The molecule has 2 unspecified atom stereocenters. The van der Waals surface area contributed by atoms with E-state index in [9.17, 15) is 9.59 Å². The summed E-state index contributed by atoms with van der Waals surface area (Å²) in [6.07, 6.45) is 3.52. The molecule has 2 amide bonds. The van der Waals surface area contributed by atoms with E-state index in [-0.39, 0.29) is 35.6 Å². The van der Waals surface area contributed by atoms with Crippen LogP contribution in [0.25, 0.3) is 0 Å². The third-order valence-electron chi connectivity index (χ3n) is 6.37. The number of rotatable bonds is 5. The molecule has 0 aliphatic carbocycles. The van der Waals surface area contributed by atoms with Gasteiger partial charge in [0.2, 0.25) is 11.8 Å². The second-order valence-corrected chi connectivity index (χ2v) is 8.54. The minimum Gasteiger partial charge on any atom is -0.354 e. The fourth-order valence-corrected chi connectivity index (χ4v) is 4.07. The van der Waals surface area contributed by atoms with Crippen molar-refractivity contribution in [3.63, 3.8) is 0 Å². The Labute approximate surface area is 175 Å². The molecule has 1 aromatic rings. The van der Waals surface area contributed by atoms with Crippen LogP contribution >= 0.6 is 12.4 Å². The number of halogens is 1. The van der Waals surface area contributed by atoms with Crippen LogP contribution in [0, 0.1) is 11.3 Å². The Morgan fingerprint density at radius 2 is 1.89 bits per heavy atom. The van der Waals surface area contributed by atoms with Gasteiger partial charge in [0.15, 0.2) is 0 Å². The summed E-state index contributed by atoms with van der Waals surface area (Å²) < 4.78 is 0. The van der Waals surface area contributed by atoms with Gasteiger partial charge in [-0.1, -0.05) is 45.0 Å². The molecule has 0 aromatic heterocycles. The molecule has 1 aromatic carbocycles. The van der Waals surface area contributed by atoms with Crippen LogP contribution in [0.1, 0.15) is 51.2 Å². The summed E-state index contributed by atoms with van der Waals surface area (Å²) in [6.45, 7) is 9.42. The third kappa shape index (κ3) is 5.06. The first-order valence-corrected chi connectivity index (χ1v) is 10.3. The van der Waals surface area contributed by atoms with Crippen molar-refractivity contribution in [3.8, 4) is 0 Å². The van der Waals surface area contributed by atoms with Crippen molar-refractivity contribution >= 4 is 24.2 Å². The average Bonchev–Trinajstić information content (AvgIpc) is 2.70. The van der Waals surface area contributed by atoms with E-state index < -0.39 is 6.04 Å². The van der Waals surface area contributed by atoms with Crippen molar-refractivity contribution in [1.82, 2.24) is 15.5 Å². The van der Waals surface area contributed by atoms with Crippen LogP contribution in [0.15, 0.2) is 24.3 Å². The lowest BCUT2D eigenvalue weighted by molar-refractivity contribution is -0.144. The fourth-order valence-electron chi connectivity index (χ4n) is 4.07. The molecule has 1 fully saturated rings. The summed E-state index contributed by atoms with van der Waals surface area (Å²) in [5, 5.41) is 6.55. The number of carbonyl (C=O) groups excluding carboxylic acids is 2. The van der Waals surface area contributed by atoms with Crippen LogP contribution in [-0.4, -0.2) is 42.4 Å². The minimum absolute atomic E-state index is 0. The molecular weight excluding hydrogens is 374 g/mol. The number of hydrogen-bond donors (Lipinski definition) is 2. The zero-order valence-corrected chi connectivity index (χ0v) is 18.1. The van der Waals surface area contributed by atoms with Crippen LogP contribution in [-0.2, 0) is 22.6 Å². The average molecular weight is 408 g/mol. The molecule has 28 heavy (non-hydrogen) atoms. The summed E-state index contributed by atoms with van der Waals surface area (Å²) in [4.78, 5) is 27.9. The summed E-state index contributed by atoms with van der Waals surface area (Å²) in [6, 6.07) is 7.75. The molecule has 0 saturated carbocycles. The Morgan fingerprint density at radius 1 is 1.25 bits per heavy atom. The highest BCUT2D eigenvalue weighted by molar-refractivity contribution is 5.89. The zero-order chi connectivity index (χ0) is 19.4. The van der Waals surface area contributed by atoms with Gasteiger partial charge in [-0.25, -0.2) is 0 Å². The van der Waals surface area contributed by atoms with E-state index in [1.54, 1.807) is 4.90 Å². The first kappa shape index (κ1) is 22.7. The largest absolute Gasteiger partial charge is 0.354 e. The van der Waals surface area contributed by atoms with Gasteiger partial charge < -0.3 is 15.5 Å². The Kier molecular flexibility index (Phi) is 7.90. The highest BCUT2D eigenvalue weighted by Crippen LogP contribution is 2.28. The molecule has 2 atom stereocenters. The molecule has 156 valence electrons. The van der Waals surface area contributed by atoms with Gasteiger partial charge in [0.05, 0.1) is 0 Å². The first-order chi connectivity index (χ1) is 12.9. The number of carbonyl (C=O) groups is 2. The lowest BCUT2D eigenvalue weighted by Crippen LogP contribution is -2.55. The highest BCUT2D eigenvalue weighted by Gasteiger charge is 2.37. The molecule has 2 heterocycles. The molecule has 3 rings (SSSR count). The Morgan fingerprint density at radius 3 is 2.54 bits per heavy atom. The number of nitrogens with zero attached hydrogens (tertiary/aromatic N) is 1. The maximum atomic E-state index is 13.1. The summed E-state index contributed by atoms with van der Waals surface area (Å²) >= 11 is 0. The Bertz CT molecular complexity index is 688. The van der Waals surface area contributed by atoms with Crippen molar-refractivity contribution in [1.29, 1.82) is 0 Å². The SMILES string of the molecule is CCC(C)C(=O)N1Cc2ccccc2CC1C(=O)NCC1(C)CCNCC1.Cl. The van der Waals surface area contributed by atoms with Crippen LogP contribution in [0.3, 0.4) is 0 Å². The Balaban J connectivity index is 0.00000280. The maximum absolute atomic E-state index is 13.1. The predicted octanol–water partition coefficient (Wildman–Crippen LogP) is 2.91.